The summed E-state index contributed by atoms with van der Waals surface area (Å²) in [6.45, 7) is 1.05. The van der Waals surface area contributed by atoms with E-state index in [-0.39, 0.29) is 0 Å². The minimum Gasteiger partial charge on any atom is -0.385 e. The van der Waals surface area contributed by atoms with E-state index in [0.29, 0.717) is 0 Å². The fraction of sp³-hybridized carbons (Fsp3) is 0.364. The molecule has 2 nitrogen and oxygen atoms in total. The minimum atomic E-state index is 0.766. The first-order valence-electron chi connectivity index (χ1n) is 4.67. The number of hydrogen-bond acceptors (Lipinski definition) is 2. The van der Waals surface area contributed by atoms with E-state index in [1.165, 1.54) is 24.1 Å². The molecule has 0 bridgehead atoms. The normalized spacial score (nSPS) is 15.0. The van der Waals surface area contributed by atoms with Gasteiger partial charge >= 0.3 is 0 Å². The van der Waals surface area contributed by atoms with Gasteiger partial charge in [0.15, 0.2) is 0 Å². The predicted octanol–water partition coefficient (Wildman–Crippen LogP) is 2.31. The van der Waals surface area contributed by atoms with Crippen LogP contribution in [0.2, 0.25) is 0 Å². The van der Waals surface area contributed by atoms with Gasteiger partial charge in [-0.05, 0) is 43.0 Å². The first kappa shape index (κ1) is 8.12. The van der Waals surface area contributed by atoms with E-state index in [9.17, 15) is 0 Å². The lowest BCUT2D eigenvalue weighted by molar-refractivity contribution is 0.785. The number of benzene rings is 1. The SMILES string of the molecule is N#Cc1ccc2c(c1)CCCCN2. The van der Waals surface area contributed by atoms with Gasteiger partial charge in [-0.3, -0.25) is 0 Å². The molecule has 13 heavy (non-hydrogen) atoms. The molecule has 0 aromatic heterocycles. The molecule has 2 rings (SSSR count). The maximum atomic E-state index is 8.74. The van der Waals surface area contributed by atoms with E-state index in [2.05, 4.69) is 11.4 Å². The van der Waals surface area contributed by atoms with Gasteiger partial charge in [0.05, 0.1) is 11.6 Å². The van der Waals surface area contributed by atoms with Gasteiger partial charge in [-0.15, -0.1) is 0 Å². The summed E-state index contributed by atoms with van der Waals surface area (Å²) in [5.41, 5.74) is 3.26. The zero-order valence-electron chi connectivity index (χ0n) is 7.51. The average Bonchev–Trinajstić information content (AvgIpc) is 2.41. The van der Waals surface area contributed by atoms with Crippen LogP contribution in [0.25, 0.3) is 0 Å². The summed E-state index contributed by atoms with van der Waals surface area (Å²) in [7, 11) is 0. The van der Waals surface area contributed by atoms with Gasteiger partial charge in [-0.2, -0.15) is 5.26 Å². The minimum absolute atomic E-state index is 0.766. The van der Waals surface area contributed by atoms with Crippen LogP contribution in [0.1, 0.15) is 24.0 Å². The van der Waals surface area contributed by atoms with Crippen LogP contribution < -0.4 is 5.32 Å². The molecule has 0 atom stereocenters. The molecule has 1 aromatic rings. The second-order valence-corrected chi connectivity index (χ2v) is 3.37. The Hall–Kier alpha value is -1.49. The van der Waals surface area contributed by atoms with Crippen LogP contribution in [-0.4, -0.2) is 6.54 Å². The molecule has 1 aliphatic rings. The molecule has 0 amide bonds. The van der Waals surface area contributed by atoms with E-state index in [4.69, 9.17) is 5.26 Å². The lowest BCUT2D eigenvalue weighted by Crippen LogP contribution is -1.99. The Balaban J connectivity index is 2.39. The molecule has 1 N–H and O–H groups in total. The van der Waals surface area contributed by atoms with Crippen molar-refractivity contribution in [2.45, 2.75) is 19.3 Å². The molecule has 66 valence electrons. The van der Waals surface area contributed by atoms with Crippen molar-refractivity contribution in [1.82, 2.24) is 0 Å². The number of nitrogens with zero attached hydrogens (tertiary/aromatic N) is 1. The van der Waals surface area contributed by atoms with Gasteiger partial charge in [-0.25, -0.2) is 0 Å². The molecule has 1 heterocycles. The molecule has 0 saturated carbocycles. The Labute approximate surface area is 78.2 Å². The summed E-state index contributed by atoms with van der Waals surface area (Å²) in [6, 6.07) is 8.05. The third-order valence-corrected chi connectivity index (χ3v) is 2.42. The maximum absolute atomic E-state index is 8.74. The van der Waals surface area contributed by atoms with E-state index in [1.807, 2.05) is 18.2 Å². The summed E-state index contributed by atoms with van der Waals surface area (Å²) < 4.78 is 0. The van der Waals surface area contributed by atoms with Crippen molar-refractivity contribution in [3.8, 4) is 6.07 Å². The molecular formula is C11H12N2. The second-order valence-electron chi connectivity index (χ2n) is 3.37. The largest absolute Gasteiger partial charge is 0.385 e. The zero-order valence-corrected chi connectivity index (χ0v) is 7.51. The van der Waals surface area contributed by atoms with Crippen molar-refractivity contribution in [2.24, 2.45) is 0 Å². The third kappa shape index (κ3) is 1.65. The highest BCUT2D eigenvalue weighted by atomic mass is 14.9. The van der Waals surface area contributed by atoms with Crippen LogP contribution in [0.5, 0.6) is 0 Å². The third-order valence-electron chi connectivity index (χ3n) is 2.42. The van der Waals surface area contributed by atoms with Gasteiger partial charge in [0.1, 0.15) is 0 Å². The van der Waals surface area contributed by atoms with Gasteiger partial charge in [0.25, 0.3) is 0 Å². The van der Waals surface area contributed by atoms with Gasteiger partial charge in [0.2, 0.25) is 0 Å². The Morgan fingerprint density at radius 2 is 2.23 bits per heavy atom. The summed E-state index contributed by atoms with van der Waals surface area (Å²) in [5, 5.41) is 12.1. The quantitative estimate of drug-likeness (QED) is 0.651. The molecule has 0 saturated heterocycles. The number of aryl methyl sites for hydroxylation is 1. The van der Waals surface area contributed by atoms with Gasteiger partial charge in [-0.1, -0.05) is 0 Å². The van der Waals surface area contributed by atoms with E-state index in [1.54, 1.807) is 0 Å². The summed E-state index contributed by atoms with van der Waals surface area (Å²) >= 11 is 0. The van der Waals surface area contributed by atoms with Crippen molar-refractivity contribution < 1.29 is 0 Å². The Bertz CT molecular complexity index is 350. The maximum Gasteiger partial charge on any atom is 0.0991 e. The van der Waals surface area contributed by atoms with Crippen LogP contribution in [0.15, 0.2) is 18.2 Å². The lowest BCUT2D eigenvalue weighted by Gasteiger charge is -2.06. The first-order chi connectivity index (χ1) is 6.40. The Morgan fingerprint density at radius 1 is 1.31 bits per heavy atom. The van der Waals surface area contributed by atoms with Crippen LogP contribution >= 0.6 is 0 Å². The van der Waals surface area contributed by atoms with E-state index in [0.717, 1.165) is 18.5 Å². The van der Waals surface area contributed by atoms with Gasteiger partial charge < -0.3 is 5.32 Å². The molecule has 0 radical (unpaired) electrons. The van der Waals surface area contributed by atoms with Crippen molar-refractivity contribution in [3.05, 3.63) is 29.3 Å². The topological polar surface area (TPSA) is 35.8 Å². The summed E-state index contributed by atoms with van der Waals surface area (Å²) in [6.07, 6.45) is 3.53. The number of nitrogens with one attached hydrogen (secondary N) is 1. The summed E-state index contributed by atoms with van der Waals surface area (Å²) in [4.78, 5) is 0. The Morgan fingerprint density at radius 3 is 3.08 bits per heavy atom. The van der Waals surface area contributed by atoms with Crippen LogP contribution in [0.3, 0.4) is 0 Å². The van der Waals surface area contributed by atoms with E-state index < -0.39 is 0 Å². The highest BCUT2D eigenvalue weighted by molar-refractivity contribution is 5.55. The number of anilines is 1. The molecule has 2 heteroatoms. The molecule has 0 fully saturated rings. The number of hydrogen-bond donors (Lipinski definition) is 1. The monoisotopic (exact) mass is 172 g/mol. The average molecular weight is 172 g/mol. The molecular weight excluding hydrogens is 160 g/mol. The second kappa shape index (κ2) is 3.49. The highest BCUT2D eigenvalue weighted by Gasteiger charge is 2.06. The number of nitriles is 1. The number of rotatable bonds is 0. The summed E-state index contributed by atoms with van der Waals surface area (Å²) in [5.74, 6) is 0. The lowest BCUT2D eigenvalue weighted by atomic mass is 10.1. The zero-order chi connectivity index (χ0) is 9.10. The number of fused-ring (bicyclic) bond motifs is 1. The Kier molecular flexibility index (Phi) is 2.18. The molecule has 0 aliphatic carbocycles. The fourth-order valence-electron chi connectivity index (χ4n) is 1.71. The van der Waals surface area contributed by atoms with Gasteiger partial charge in [0, 0.05) is 12.2 Å². The standard InChI is InChI=1S/C11H12N2/c12-8-9-4-5-11-10(7-9)3-1-2-6-13-11/h4-5,7,13H,1-3,6H2. The first-order valence-corrected chi connectivity index (χ1v) is 4.67. The van der Waals surface area contributed by atoms with Crippen molar-refractivity contribution in [1.29, 1.82) is 5.26 Å². The predicted molar refractivity (Wildman–Crippen MR) is 52.6 cm³/mol. The van der Waals surface area contributed by atoms with Crippen LogP contribution in [0.4, 0.5) is 5.69 Å². The van der Waals surface area contributed by atoms with Crippen molar-refractivity contribution in [2.75, 3.05) is 11.9 Å². The van der Waals surface area contributed by atoms with Crippen molar-refractivity contribution in [3.63, 3.8) is 0 Å². The smallest absolute Gasteiger partial charge is 0.0991 e. The highest BCUT2D eigenvalue weighted by Crippen LogP contribution is 2.22. The van der Waals surface area contributed by atoms with Crippen LogP contribution in [0, 0.1) is 11.3 Å². The molecule has 0 spiro atoms. The molecule has 1 aromatic carbocycles. The van der Waals surface area contributed by atoms with Crippen LogP contribution in [-0.2, 0) is 6.42 Å². The van der Waals surface area contributed by atoms with Crippen molar-refractivity contribution >= 4 is 5.69 Å². The molecule has 1 aliphatic heterocycles. The molecule has 0 unspecified atom stereocenters. The fourth-order valence-corrected chi connectivity index (χ4v) is 1.71. The van der Waals surface area contributed by atoms with E-state index >= 15 is 0 Å².